The number of hydrogen-bond donors (Lipinski definition) is 2. The van der Waals surface area contributed by atoms with E-state index in [-0.39, 0.29) is 34.4 Å². The van der Waals surface area contributed by atoms with Gasteiger partial charge in [-0.2, -0.15) is 0 Å². The lowest BCUT2D eigenvalue weighted by Crippen LogP contribution is -2.45. The second-order valence-corrected chi connectivity index (χ2v) is 13.1. The summed E-state index contributed by atoms with van der Waals surface area (Å²) < 4.78 is 14.2. The molecule has 0 saturated heterocycles. The number of hydrogen-bond acceptors (Lipinski definition) is 4. The summed E-state index contributed by atoms with van der Waals surface area (Å²) in [6.45, 7) is 9.66. The van der Waals surface area contributed by atoms with E-state index in [9.17, 15) is 9.18 Å². The van der Waals surface area contributed by atoms with Gasteiger partial charge in [0, 0.05) is 5.92 Å². The van der Waals surface area contributed by atoms with Crippen LogP contribution in [0.1, 0.15) is 91.9 Å². The van der Waals surface area contributed by atoms with Crippen LogP contribution in [0.15, 0.2) is 12.1 Å². The Hall–Kier alpha value is -1.33. The fourth-order valence-corrected chi connectivity index (χ4v) is 8.22. The molecular formula is C29H45ClFN3O. The quantitative estimate of drug-likeness (QED) is 0.230. The summed E-state index contributed by atoms with van der Waals surface area (Å²) in [6, 6.07) is 3.01. The minimum Gasteiger partial charge on any atom is -0.395 e. The predicted octanol–water partition coefficient (Wildman–Crippen LogP) is 7.39. The summed E-state index contributed by atoms with van der Waals surface area (Å²) in [7, 11) is 0. The van der Waals surface area contributed by atoms with Crippen LogP contribution in [-0.4, -0.2) is 12.3 Å². The number of anilines is 2. The molecular weight excluding hydrogens is 461 g/mol. The molecule has 0 heterocycles. The van der Waals surface area contributed by atoms with Gasteiger partial charge in [-0.3, -0.25) is 4.79 Å². The van der Waals surface area contributed by atoms with Gasteiger partial charge in [0.25, 0.3) is 0 Å². The average molecular weight is 506 g/mol. The molecule has 35 heavy (non-hydrogen) atoms. The van der Waals surface area contributed by atoms with Crippen LogP contribution in [0.5, 0.6) is 0 Å². The van der Waals surface area contributed by atoms with E-state index >= 15 is 0 Å². The lowest BCUT2D eigenvalue weighted by atomic mass is 9.52. The summed E-state index contributed by atoms with van der Waals surface area (Å²) in [4.78, 5) is 13.5. The van der Waals surface area contributed by atoms with E-state index in [2.05, 4.69) is 27.7 Å². The van der Waals surface area contributed by atoms with E-state index < -0.39 is 5.82 Å². The zero-order chi connectivity index (χ0) is 25.5. The molecule has 3 unspecified atom stereocenters. The molecule has 0 amide bonds. The fraction of sp³-hybridized carbons (Fsp3) is 0.759. The zero-order valence-corrected chi connectivity index (χ0v) is 22.8. The van der Waals surface area contributed by atoms with Gasteiger partial charge in [-0.1, -0.05) is 52.1 Å². The molecule has 3 fully saturated rings. The van der Waals surface area contributed by atoms with E-state index in [1.807, 2.05) is 0 Å². The number of ketones is 1. The Balaban J connectivity index is 1.45. The van der Waals surface area contributed by atoms with Gasteiger partial charge in [0.2, 0.25) is 0 Å². The van der Waals surface area contributed by atoms with Gasteiger partial charge in [-0.15, -0.1) is 0 Å². The fourth-order valence-electron chi connectivity index (χ4n) is 8.06. The van der Waals surface area contributed by atoms with Crippen molar-refractivity contribution in [2.45, 2.75) is 91.9 Å². The Bertz CT molecular complexity index is 941. The second-order valence-electron chi connectivity index (χ2n) is 12.7. The maximum Gasteiger partial charge on any atom is 0.166 e. The molecule has 196 valence electrons. The third kappa shape index (κ3) is 4.97. The van der Waals surface area contributed by atoms with Crippen LogP contribution in [0.25, 0.3) is 0 Å². The van der Waals surface area contributed by atoms with E-state index in [4.69, 9.17) is 23.2 Å². The first-order chi connectivity index (χ1) is 16.5. The van der Waals surface area contributed by atoms with Gasteiger partial charge < -0.3 is 10.7 Å². The van der Waals surface area contributed by atoms with Crippen LogP contribution in [0.2, 0.25) is 5.02 Å². The van der Waals surface area contributed by atoms with E-state index in [0.29, 0.717) is 17.0 Å². The van der Waals surface area contributed by atoms with Crippen molar-refractivity contribution < 1.29 is 9.18 Å². The molecule has 4 nitrogen and oxygen atoms in total. The topological polar surface area (TPSA) is 72.3 Å². The molecule has 3 aliphatic rings. The maximum atomic E-state index is 14.2. The van der Waals surface area contributed by atoms with Crippen molar-refractivity contribution in [1.82, 2.24) is 0 Å². The van der Waals surface area contributed by atoms with Crippen LogP contribution in [0, 0.1) is 46.2 Å². The van der Waals surface area contributed by atoms with Gasteiger partial charge >= 0.3 is 0 Å². The summed E-state index contributed by atoms with van der Waals surface area (Å²) in [5, 5.41) is 1.24. The number of hydrazine groups is 1. The van der Waals surface area contributed by atoms with Crippen LogP contribution >= 0.6 is 11.6 Å². The van der Waals surface area contributed by atoms with Crippen molar-refractivity contribution in [1.29, 1.82) is 0 Å². The molecule has 3 aliphatic carbocycles. The van der Waals surface area contributed by atoms with E-state index in [0.717, 1.165) is 37.0 Å². The Labute approximate surface area is 216 Å². The molecule has 3 saturated carbocycles. The number of rotatable bonds is 7. The SMILES string of the molecule is CC1CC[C@H](C(=O)CN(N)c2ccc(Cl)c(F)c2N)[C@@]1(C)CCC1CCCC2C[C@@H](C)CC[C@]12C. The summed E-state index contributed by atoms with van der Waals surface area (Å²) in [5.41, 5.74) is 6.53. The Morgan fingerprint density at radius 2 is 1.91 bits per heavy atom. The lowest BCUT2D eigenvalue weighted by molar-refractivity contribution is -0.125. The highest BCUT2D eigenvalue weighted by molar-refractivity contribution is 6.31. The van der Waals surface area contributed by atoms with Crippen LogP contribution in [-0.2, 0) is 4.79 Å². The number of Topliss-reactive ketones (excluding diaryl/α,β-unsaturated/α-hetero) is 1. The number of nitrogen functional groups attached to an aromatic ring is 1. The highest BCUT2D eigenvalue weighted by atomic mass is 35.5. The average Bonchev–Trinajstić information content (AvgIpc) is 3.11. The van der Waals surface area contributed by atoms with Gasteiger partial charge in [-0.05, 0) is 98.0 Å². The van der Waals surface area contributed by atoms with Gasteiger partial charge in [0.1, 0.15) is 0 Å². The Morgan fingerprint density at radius 3 is 2.66 bits per heavy atom. The number of nitrogens with two attached hydrogens (primary N) is 2. The highest BCUT2D eigenvalue weighted by Gasteiger charge is 2.50. The molecule has 7 atom stereocenters. The van der Waals surface area contributed by atoms with Crippen molar-refractivity contribution in [2.75, 3.05) is 17.3 Å². The van der Waals surface area contributed by atoms with Crippen LogP contribution in [0.4, 0.5) is 15.8 Å². The molecule has 4 rings (SSSR count). The number of carbonyl (C=O) groups is 1. The van der Waals surface area contributed by atoms with Crippen LogP contribution in [0.3, 0.4) is 0 Å². The molecule has 1 aromatic rings. The standard InChI is InChI=1S/C29H45ClFN3O/c1-18-12-14-29(4)20(6-5-7-21(29)16-18)13-15-28(3)19(2)8-9-22(28)25(35)17-34(33)24-11-10-23(30)26(31)27(24)32/h10-11,18-22H,5-9,12-17,32-33H2,1-4H3/t18-,19?,20?,21?,22+,28-,29+/m0/s1. The molecule has 4 N–H and O–H groups in total. The summed E-state index contributed by atoms with van der Waals surface area (Å²) in [5.74, 6) is 8.63. The van der Waals surface area contributed by atoms with Gasteiger partial charge in [0.15, 0.2) is 11.6 Å². The minimum atomic E-state index is -0.692. The molecule has 6 heteroatoms. The van der Waals surface area contributed by atoms with Crippen molar-refractivity contribution in [2.24, 2.45) is 46.3 Å². The maximum absolute atomic E-state index is 14.2. The number of benzene rings is 1. The Morgan fingerprint density at radius 1 is 1.17 bits per heavy atom. The molecule has 0 aliphatic heterocycles. The van der Waals surface area contributed by atoms with Gasteiger partial charge in [0.05, 0.1) is 22.9 Å². The van der Waals surface area contributed by atoms with Crippen molar-refractivity contribution >= 4 is 28.8 Å². The number of nitrogens with zero attached hydrogens (tertiary/aromatic N) is 1. The first-order valence-corrected chi connectivity index (χ1v) is 14.1. The van der Waals surface area contributed by atoms with Crippen LogP contribution < -0.4 is 16.6 Å². The van der Waals surface area contributed by atoms with Crippen molar-refractivity contribution in [3.05, 3.63) is 23.0 Å². The second kappa shape index (κ2) is 10.2. The first-order valence-electron chi connectivity index (χ1n) is 13.8. The Kier molecular flexibility index (Phi) is 7.79. The lowest BCUT2D eigenvalue weighted by Gasteiger charge is -2.53. The monoisotopic (exact) mass is 505 g/mol. The molecule has 0 aromatic heterocycles. The number of halogens is 2. The van der Waals surface area contributed by atoms with Crippen molar-refractivity contribution in [3.8, 4) is 0 Å². The molecule has 0 spiro atoms. The van der Waals surface area contributed by atoms with E-state index in [1.165, 1.54) is 56.0 Å². The third-order valence-corrected chi connectivity index (χ3v) is 11.1. The molecule has 0 radical (unpaired) electrons. The predicted molar refractivity (Wildman–Crippen MR) is 144 cm³/mol. The third-order valence-electron chi connectivity index (χ3n) is 10.8. The first kappa shape index (κ1) is 26.7. The zero-order valence-electron chi connectivity index (χ0n) is 22.1. The summed E-state index contributed by atoms with van der Waals surface area (Å²) in [6.07, 6.45) is 12.5. The number of fused-ring (bicyclic) bond motifs is 1. The summed E-state index contributed by atoms with van der Waals surface area (Å²) >= 11 is 5.83. The minimum absolute atomic E-state index is 0.0271. The molecule has 0 bridgehead atoms. The van der Waals surface area contributed by atoms with Crippen molar-refractivity contribution in [3.63, 3.8) is 0 Å². The largest absolute Gasteiger partial charge is 0.395 e. The van der Waals surface area contributed by atoms with Gasteiger partial charge in [-0.25, -0.2) is 10.2 Å². The highest BCUT2D eigenvalue weighted by Crippen LogP contribution is 2.58. The molecule has 1 aromatic carbocycles. The smallest absolute Gasteiger partial charge is 0.166 e. The van der Waals surface area contributed by atoms with E-state index in [1.54, 1.807) is 6.07 Å². The number of carbonyl (C=O) groups excluding carboxylic acids is 1. The normalized spacial score (nSPS) is 37.2.